The van der Waals surface area contributed by atoms with Crippen molar-refractivity contribution < 1.29 is 9.59 Å². The number of amides is 1. The van der Waals surface area contributed by atoms with E-state index in [2.05, 4.69) is 15.1 Å². The number of aromatic nitrogens is 2. The van der Waals surface area contributed by atoms with Crippen LogP contribution in [0.2, 0.25) is 0 Å². The van der Waals surface area contributed by atoms with E-state index in [-0.39, 0.29) is 18.1 Å². The van der Waals surface area contributed by atoms with Crippen molar-refractivity contribution in [3.63, 3.8) is 0 Å². The summed E-state index contributed by atoms with van der Waals surface area (Å²) in [7, 11) is 0. The molecule has 0 unspecified atom stereocenters. The fraction of sp³-hybridized carbons (Fsp3) is 0.200. The fourth-order valence-corrected chi connectivity index (χ4v) is 3.20. The SMILES string of the molecule is CC1=NN(c2ccccc2)C(=O)[C@@H]1C(=O)CCc1nc2ccccc2[nH]1. The van der Waals surface area contributed by atoms with Gasteiger partial charge in [-0.05, 0) is 31.2 Å². The number of carbonyl (C=O) groups excluding carboxylic acids is 2. The Labute approximate surface area is 150 Å². The van der Waals surface area contributed by atoms with Gasteiger partial charge in [0.2, 0.25) is 0 Å². The van der Waals surface area contributed by atoms with Crippen LogP contribution in [0, 0.1) is 5.92 Å². The molecular formula is C20H18N4O2. The molecule has 4 rings (SSSR count). The Hall–Kier alpha value is -3.28. The molecule has 0 spiro atoms. The molecule has 6 nitrogen and oxygen atoms in total. The molecule has 0 saturated carbocycles. The van der Waals surface area contributed by atoms with Gasteiger partial charge in [0, 0.05) is 12.8 Å². The van der Waals surface area contributed by atoms with Crippen molar-refractivity contribution in [3.05, 3.63) is 60.4 Å². The smallest absolute Gasteiger partial charge is 0.263 e. The Morgan fingerprint density at radius 1 is 1.12 bits per heavy atom. The van der Waals surface area contributed by atoms with Gasteiger partial charge in [-0.25, -0.2) is 4.98 Å². The van der Waals surface area contributed by atoms with Gasteiger partial charge in [0.05, 0.1) is 22.4 Å². The molecule has 2 heterocycles. The largest absolute Gasteiger partial charge is 0.342 e. The lowest BCUT2D eigenvalue weighted by atomic mass is 9.95. The molecule has 2 aromatic carbocycles. The number of carbonyl (C=O) groups is 2. The standard InChI is InChI=1S/C20H18N4O2/c1-13-19(20(26)24(23-13)14-7-3-2-4-8-14)17(25)11-12-18-21-15-9-5-6-10-16(15)22-18/h2-10,19H,11-12H2,1H3,(H,21,22)/t19-/m0/s1. The molecule has 6 heteroatoms. The average molecular weight is 346 g/mol. The van der Waals surface area contributed by atoms with Crippen LogP contribution >= 0.6 is 0 Å². The van der Waals surface area contributed by atoms with Gasteiger partial charge in [0.25, 0.3) is 5.91 Å². The highest BCUT2D eigenvalue weighted by Crippen LogP contribution is 2.25. The molecule has 0 aliphatic carbocycles. The molecule has 1 N–H and O–H groups in total. The van der Waals surface area contributed by atoms with Crippen LogP contribution < -0.4 is 5.01 Å². The maximum atomic E-state index is 12.7. The number of para-hydroxylation sites is 3. The van der Waals surface area contributed by atoms with E-state index in [0.29, 0.717) is 17.8 Å². The average Bonchev–Trinajstić information content (AvgIpc) is 3.20. The third-order valence-electron chi connectivity index (χ3n) is 4.50. The van der Waals surface area contributed by atoms with Crippen LogP contribution in [0.25, 0.3) is 11.0 Å². The Morgan fingerprint density at radius 2 is 1.85 bits per heavy atom. The zero-order valence-electron chi connectivity index (χ0n) is 14.3. The first kappa shape index (κ1) is 16.2. The number of rotatable bonds is 5. The monoisotopic (exact) mass is 346 g/mol. The number of benzene rings is 2. The van der Waals surface area contributed by atoms with Gasteiger partial charge >= 0.3 is 0 Å². The quantitative estimate of drug-likeness (QED) is 0.721. The van der Waals surface area contributed by atoms with Crippen LogP contribution in [-0.4, -0.2) is 27.4 Å². The number of nitrogens with zero attached hydrogens (tertiary/aromatic N) is 3. The highest BCUT2D eigenvalue weighted by molar-refractivity contribution is 6.27. The topological polar surface area (TPSA) is 78.4 Å². The van der Waals surface area contributed by atoms with Gasteiger partial charge in [-0.2, -0.15) is 10.1 Å². The summed E-state index contributed by atoms with van der Waals surface area (Å²) in [5.41, 5.74) is 3.03. The molecule has 1 aliphatic heterocycles. The van der Waals surface area contributed by atoms with E-state index >= 15 is 0 Å². The lowest BCUT2D eigenvalue weighted by Gasteiger charge is -2.13. The highest BCUT2D eigenvalue weighted by Gasteiger charge is 2.39. The van der Waals surface area contributed by atoms with E-state index in [1.54, 1.807) is 19.1 Å². The lowest BCUT2D eigenvalue weighted by Crippen LogP contribution is -2.32. The summed E-state index contributed by atoms with van der Waals surface area (Å²) in [5.74, 6) is -0.475. The number of aryl methyl sites for hydroxylation is 1. The number of Topliss-reactive ketones (excluding diaryl/α,β-unsaturated/α-hetero) is 1. The third kappa shape index (κ3) is 2.90. The number of H-pyrrole nitrogens is 1. The Bertz CT molecular complexity index is 974. The highest BCUT2D eigenvalue weighted by atomic mass is 16.2. The van der Waals surface area contributed by atoms with Gasteiger partial charge in [-0.1, -0.05) is 30.3 Å². The molecule has 0 saturated heterocycles. The molecule has 3 aromatic rings. The van der Waals surface area contributed by atoms with Crippen LogP contribution in [0.15, 0.2) is 59.7 Å². The molecule has 130 valence electrons. The molecule has 0 radical (unpaired) electrons. The van der Waals surface area contributed by atoms with Crippen molar-refractivity contribution >= 4 is 34.1 Å². The van der Waals surface area contributed by atoms with Gasteiger partial charge < -0.3 is 4.98 Å². The number of nitrogens with one attached hydrogen (secondary N) is 1. The second-order valence-corrected chi connectivity index (χ2v) is 6.33. The summed E-state index contributed by atoms with van der Waals surface area (Å²) in [5, 5.41) is 5.61. The van der Waals surface area contributed by atoms with Crippen molar-refractivity contribution in [1.82, 2.24) is 9.97 Å². The molecule has 0 bridgehead atoms. The molecule has 1 amide bonds. The third-order valence-corrected chi connectivity index (χ3v) is 4.50. The Morgan fingerprint density at radius 3 is 2.62 bits per heavy atom. The van der Waals surface area contributed by atoms with Crippen molar-refractivity contribution in [2.24, 2.45) is 11.0 Å². The van der Waals surface area contributed by atoms with Crippen molar-refractivity contribution in [2.45, 2.75) is 19.8 Å². The maximum Gasteiger partial charge on any atom is 0.263 e. The number of anilines is 1. The fourth-order valence-electron chi connectivity index (χ4n) is 3.20. The second-order valence-electron chi connectivity index (χ2n) is 6.33. The molecule has 0 fully saturated rings. The normalized spacial score (nSPS) is 17.0. The van der Waals surface area contributed by atoms with E-state index in [1.807, 2.05) is 42.5 Å². The first-order valence-electron chi connectivity index (χ1n) is 8.54. The summed E-state index contributed by atoms with van der Waals surface area (Å²) in [6.45, 7) is 1.73. The summed E-state index contributed by atoms with van der Waals surface area (Å²) in [6, 6.07) is 16.9. The van der Waals surface area contributed by atoms with E-state index < -0.39 is 5.92 Å². The number of hydrazone groups is 1. The summed E-state index contributed by atoms with van der Waals surface area (Å²) >= 11 is 0. The number of fused-ring (bicyclic) bond motifs is 1. The minimum absolute atomic E-state index is 0.130. The summed E-state index contributed by atoms with van der Waals surface area (Å²) < 4.78 is 0. The molecule has 26 heavy (non-hydrogen) atoms. The van der Waals surface area contributed by atoms with Crippen LogP contribution in [-0.2, 0) is 16.0 Å². The number of hydrogen-bond acceptors (Lipinski definition) is 4. The van der Waals surface area contributed by atoms with Crippen molar-refractivity contribution in [2.75, 3.05) is 5.01 Å². The van der Waals surface area contributed by atoms with Crippen molar-refractivity contribution in [3.8, 4) is 0 Å². The van der Waals surface area contributed by atoms with Crippen LogP contribution in [0.5, 0.6) is 0 Å². The molecule has 1 atom stereocenters. The molecule has 1 aromatic heterocycles. The summed E-state index contributed by atoms with van der Waals surface area (Å²) in [6.07, 6.45) is 0.710. The van der Waals surface area contributed by atoms with E-state index in [4.69, 9.17) is 0 Å². The minimum Gasteiger partial charge on any atom is -0.342 e. The van der Waals surface area contributed by atoms with Crippen molar-refractivity contribution in [1.29, 1.82) is 0 Å². The van der Waals surface area contributed by atoms with Gasteiger partial charge in [-0.15, -0.1) is 0 Å². The van der Waals surface area contributed by atoms with Gasteiger partial charge in [0.1, 0.15) is 11.7 Å². The molecule has 1 aliphatic rings. The van der Waals surface area contributed by atoms with E-state index in [9.17, 15) is 9.59 Å². The van der Waals surface area contributed by atoms with Crippen LogP contribution in [0.3, 0.4) is 0 Å². The Kier molecular flexibility index (Phi) is 4.08. The van der Waals surface area contributed by atoms with E-state index in [1.165, 1.54) is 5.01 Å². The van der Waals surface area contributed by atoms with E-state index in [0.717, 1.165) is 16.9 Å². The second kappa shape index (κ2) is 6.55. The predicted molar refractivity (Wildman–Crippen MR) is 99.9 cm³/mol. The number of hydrogen-bond donors (Lipinski definition) is 1. The van der Waals surface area contributed by atoms with Crippen LogP contribution in [0.1, 0.15) is 19.2 Å². The first-order valence-corrected chi connectivity index (χ1v) is 8.54. The number of ketones is 1. The van der Waals surface area contributed by atoms with Crippen LogP contribution in [0.4, 0.5) is 5.69 Å². The maximum absolute atomic E-state index is 12.7. The lowest BCUT2D eigenvalue weighted by molar-refractivity contribution is -0.129. The number of imidazole rings is 1. The minimum atomic E-state index is -0.806. The van der Waals surface area contributed by atoms with Gasteiger partial charge in [-0.3, -0.25) is 9.59 Å². The number of aromatic amines is 1. The zero-order valence-corrected chi connectivity index (χ0v) is 14.3. The first-order chi connectivity index (χ1) is 12.6. The van der Waals surface area contributed by atoms with Gasteiger partial charge in [0.15, 0.2) is 5.78 Å². The predicted octanol–water partition coefficient (Wildman–Crippen LogP) is 3.10. The summed E-state index contributed by atoms with van der Waals surface area (Å²) in [4.78, 5) is 33.0. The molecular weight excluding hydrogens is 328 g/mol. The zero-order chi connectivity index (χ0) is 18.1. The Balaban J connectivity index is 1.46.